The fourth-order valence-electron chi connectivity index (χ4n) is 4.93. The first-order chi connectivity index (χ1) is 20.9. The lowest BCUT2D eigenvalue weighted by Crippen LogP contribution is -2.04. The van der Waals surface area contributed by atoms with Crippen LogP contribution in [0.1, 0.15) is 22.3 Å². The minimum absolute atomic E-state index is 0.110. The Morgan fingerprint density at radius 3 is 1.56 bits per heavy atom. The summed E-state index contributed by atoms with van der Waals surface area (Å²) >= 11 is 0. The monoisotopic (exact) mass is 566 g/mol. The molecule has 6 aromatic carbocycles. The molecule has 0 spiro atoms. The van der Waals surface area contributed by atoms with Crippen LogP contribution in [-0.2, 0) is 0 Å². The summed E-state index contributed by atoms with van der Waals surface area (Å²) in [6, 6.07) is 39.6. The third kappa shape index (κ3) is 6.75. The number of carbonyl (C=O) groups is 1. The molecule has 7 rings (SSSR count). The minimum atomic E-state index is 0.110. The molecule has 0 saturated heterocycles. The van der Waals surface area contributed by atoms with Gasteiger partial charge in [-0.05, 0) is 70.4 Å². The van der Waals surface area contributed by atoms with Gasteiger partial charge in [-0.3, -0.25) is 4.79 Å². The first-order valence-electron chi connectivity index (χ1n) is 13.8. The van der Waals surface area contributed by atoms with E-state index in [1.54, 1.807) is 72.8 Å². The van der Waals surface area contributed by atoms with Gasteiger partial charge >= 0.3 is 0 Å². The molecule has 0 heterocycles. The topological polar surface area (TPSA) is 98.0 Å². The van der Waals surface area contributed by atoms with Gasteiger partial charge < -0.3 is 20.4 Å². The van der Waals surface area contributed by atoms with Crippen LogP contribution in [0.2, 0.25) is 0 Å². The fourth-order valence-corrected chi connectivity index (χ4v) is 4.93. The van der Waals surface area contributed by atoms with Gasteiger partial charge in [-0.25, -0.2) is 0 Å². The Balaban J connectivity index is 0.000000215. The molecular weight excluding hydrogens is 536 g/mol. The number of fused-ring (bicyclic) bond motifs is 2. The number of phenols is 4. The largest absolute Gasteiger partial charge is 0.508 e. The van der Waals surface area contributed by atoms with Gasteiger partial charge in [0.25, 0.3) is 0 Å². The second-order valence-electron chi connectivity index (χ2n) is 9.88. The number of ketones is 1. The van der Waals surface area contributed by atoms with Crippen molar-refractivity contribution < 1.29 is 25.2 Å². The molecule has 0 bridgehead atoms. The van der Waals surface area contributed by atoms with Crippen LogP contribution in [0.4, 0.5) is 0 Å². The van der Waals surface area contributed by atoms with Crippen molar-refractivity contribution in [1.29, 1.82) is 0 Å². The van der Waals surface area contributed by atoms with E-state index >= 15 is 0 Å². The van der Waals surface area contributed by atoms with E-state index in [1.807, 2.05) is 72.8 Å². The maximum Gasteiger partial charge on any atom is 0.167 e. The number of hydrogen-bond acceptors (Lipinski definition) is 5. The van der Waals surface area contributed by atoms with Gasteiger partial charge in [0.1, 0.15) is 23.0 Å². The Labute approximate surface area is 249 Å². The van der Waals surface area contributed by atoms with Gasteiger partial charge in [-0.2, -0.15) is 0 Å². The Kier molecular flexibility index (Phi) is 8.84. The fraction of sp³-hybridized carbons (Fsp3) is 0.0263. The summed E-state index contributed by atoms with van der Waals surface area (Å²) in [7, 11) is 0. The number of para-hydroxylation sites is 4. The van der Waals surface area contributed by atoms with E-state index in [0.29, 0.717) is 29.0 Å². The van der Waals surface area contributed by atoms with Crippen molar-refractivity contribution in [3.63, 3.8) is 0 Å². The van der Waals surface area contributed by atoms with Crippen LogP contribution in [0.25, 0.3) is 39.1 Å². The number of carbonyl (C=O) groups excluding carboxylic acids is 1. The Morgan fingerprint density at radius 2 is 1.02 bits per heavy atom. The van der Waals surface area contributed by atoms with Gasteiger partial charge in [0.05, 0.1) is 0 Å². The van der Waals surface area contributed by atoms with Gasteiger partial charge in [0.15, 0.2) is 5.78 Å². The summed E-state index contributed by atoms with van der Waals surface area (Å²) in [4.78, 5) is 12.3. The van der Waals surface area contributed by atoms with Crippen molar-refractivity contribution in [2.45, 2.75) is 6.42 Å². The lowest BCUT2D eigenvalue weighted by Gasteiger charge is -2.18. The number of Topliss-reactive ketones (excluding diaryl/α,β-unsaturated/α-hetero) is 1. The molecule has 4 N–H and O–H groups in total. The van der Waals surface area contributed by atoms with Crippen molar-refractivity contribution in [2.24, 2.45) is 0 Å². The number of allylic oxidation sites excluding steroid dienone is 1. The van der Waals surface area contributed by atoms with Gasteiger partial charge in [0, 0.05) is 28.7 Å². The number of phenolic OH excluding ortho intramolecular Hbond substituents is 4. The first kappa shape index (κ1) is 28.7. The molecule has 6 aromatic rings. The highest BCUT2D eigenvalue weighted by molar-refractivity contribution is 6.11. The number of hydrogen-bond donors (Lipinski definition) is 4. The SMILES string of the molecule is O=C1CC=Cc2cc3c(-c4ccccc4O)c(-c4ccccc4O)ccc3cc21.Oc1ccccc1.Oc1ccccc1. The molecule has 0 aromatic heterocycles. The van der Waals surface area contributed by atoms with E-state index in [4.69, 9.17) is 10.2 Å². The predicted octanol–water partition coefficient (Wildman–Crippen LogP) is 8.97. The zero-order valence-corrected chi connectivity index (χ0v) is 23.3. The van der Waals surface area contributed by atoms with Gasteiger partial charge in [-0.1, -0.05) is 97.1 Å². The maximum atomic E-state index is 12.3. The Morgan fingerprint density at radius 1 is 0.488 bits per heavy atom. The van der Waals surface area contributed by atoms with E-state index in [0.717, 1.165) is 33.0 Å². The average molecular weight is 567 g/mol. The van der Waals surface area contributed by atoms with E-state index in [-0.39, 0.29) is 17.3 Å². The van der Waals surface area contributed by atoms with E-state index in [9.17, 15) is 15.0 Å². The molecule has 1 aliphatic carbocycles. The molecule has 1 aliphatic rings. The molecule has 0 amide bonds. The van der Waals surface area contributed by atoms with Crippen LogP contribution >= 0.6 is 0 Å². The molecule has 5 heteroatoms. The van der Waals surface area contributed by atoms with Crippen molar-refractivity contribution in [2.75, 3.05) is 0 Å². The number of rotatable bonds is 2. The van der Waals surface area contributed by atoms with Crippen LogP contribution < -0.4 is 0 Å². The summed E-state index contributed by atoms with van der Waals surface area (Å²) in [5.74, 6) is 1.10. The van der Waals surface area contributed by atoms with Crippen molar-refractivity contribution in [1.82, 2.24) is 0 Å². The zero-order chi connectivity index (χ0) is 30.2. The highest BCUT2D eigenvalue weighted by Gasteiger charge is 2.20. The summed E-state index contributed by atoms with van der Waals surface area (Å²) in [6.45, 7) is 0. The summed E-state index contributed by atoms with van der Waals surface area (Å²) in [5, 5.41) is 40.2. The summed E-state index contributed by atoms with van der Waals surface area (Å²) in [5.41, 5.74) is 4.62. The van der Waals surface area contributed by atoms with Crippen molar-refractivity contribution in [3.8, 4) is 45.3 Å². The van der Waals surface area contributed by atoms with Crippen molar-refractivity contribution >= 4 is 22.6 Å². The summed E-state index contributed by atoms with van der Waals surface area (Å²) < 4.78 is 0. The Hall–Kier alpha value is -5.81. The third-order valence-electron chi connectivity index (χ3n) is 6.97. The summed E-state index contributed by atoms with van der Waals surface area (Å²) in [6.07, 6.45) is 4.27. The minimum Gasteiger partial charge on any atom is -0.508 e. The van der Waals surface area contributed by atoms with Crippen LogP contribution in [0.15, 0.2) is 140 Å². The standard InChI is InChI=1S/C26H18O3.2C6H6O/c27-23-9-3-1-7-18(23)19-13-12-17-14-21-16(6-5-11-25(21)29)15-22(17)26(19)20-8-2-4-10-24(20)28;2*7-6-4-2-1-3-5-6/h1-10,12-15,27-28H,11H2;2*1-5,7H. The maximum absolute atomic E-state index is 12.3. The second-order valence-corrected chi connectivity index (χ2v) is 9.88. The lowest BCUT2D eigenvalue weighted by molar-refractivity contribution is 0.0994. The number of benzene rings is 6. The van der Waals surface area contributed by atoms with E-state index < -0.39 is 0 Å². The van der Waals surface area contributed by atoms with Crippen LogP contribution in [0.3, 0.4) is 0 Å². The molecule has 0 aliphatic heterocycles. The predicted molar refractivity (Wildman–Crippen MR) is 172 cm³/mol. The van der Waals surface area contributed by atoms with Gasteiger partial charge in [-0.15, -0.1) is 0 Å². The third-order valence-corrected chi connectivity index (χ3v) is 6.97. The van der Waals surface area contributed by atoms with Crippen molar-refractivity contribution in [3.05, 3.63) is 151 Å². The molecular formula is C38H30O5. The molecule has 0 saturated carbocycles. The Bertz CT molecular complexity index is 1860. The molecule has 0 unspecified atom stereocenters. The molecule has 0 fully saturated rings. The molecule has 5 nitrogen and oxygen atoms in total. The van der Waals surface area contributed by atoms with Gasteiger partial charge in [0.2, 0.25) is 0 Å². The molecule has 212 valence electrons. The number of aromatic hydroxyl groups is 4. The van der Waals surface area contributed by atoms with Crippen LogP contribution in [-0.4, -0.2) is 26.2 Å². The second kappa shape index (κ2) is 13.2. The first-order valence-corrected chi connectivity index (χ1v) is 13.8. The zero-order valence-electron chi connectivity index (χ0n) is 23.3. The molecule has 0 radical (unpaired) electrons. The highest BCUT2D eigenvalue weighted by atomic mass is 16.3. The van der Waals surface area contributed by atoms with E-state index in [1.165, 1.54) is 0 Å². The smallest absolute Gasteiger partial charge is 0.167 e. The lowest BCUT2D eigenvalue weighted by atomic mass is 9.85. The molecule has 0 atom stereocenters. The highest BCUT2D eigenvalue weighted by Crippen LogP contribution is 2.44. The average Bonchev–Trinajstić information content (AvgIpc) is 3.02. The van der Waals surface area contributed by atoms with E-state index in [2.05, 4.69) is 0 Å². The quantitative estimate of drug-likeness (QED) is 0.168. The van der Waals surface area contributed by atoms with Crippen LogP contribution in [0, 0.1) is 0 Å². The molecule has 43 heavy (non-hydrogen) atoms. The normalized spacial score (nSPS) is 11.5. The van der Waals surface area contributed by atoms with Crippen LogP contribution in [0.5, 0.6) is 23.0 Å².